The van der Waals surface area contributed by atoms with E-state index in [1.807, 2.05) is 6.92 Å². The van der Waals surface area contributed by atoms with Gasteiger partial charge in [0.1, 0.15) is 0 Å². The second kappa shape index (κ2) is 6.00. The molecule has 0 radical (unpaired) electrons. The number of carbonyl (C=O) groups excluding carboxylic acids is 3. The lowest BCUT2D eigenvalue weighted by molar-refractivity contribution is -0.176. The summed E-state index contributed by atoms with van der Waals surface area (Å²) in [5, 5.41) is 0. The average Bonchev–Trinajstić information content (AvgIpc) is 2.83. The highest BCUT2D eigenvalue weighted by Gasteiger charge is 2.59. The molecule has 1 fully saturated rings. The van der Waals surface area contributed by atoms with Crippen LogP contribution in [0.4, 0.5) is 0 Å². The van der Waals surface area contributed by atoms with Crippen LogP contribution in [0.2, 0.25) is 0 Å². The van der Waals surface area contributed by atoms with Gasteiger partial charge in [-0.05, 0) is 45.6 Å². The largest absolute Gasteiger partial charge is 0.465 e. The Hall–Kier alpha value is -1.65. The number of allylic oxidation sites excluding steroid dienone is 2. The zero-order chi connectivity index (χ0) is 15.6. The number of hydrogen-bond donors (Lipinski definition) is 0. The third-order valence-electron chi connectivity index (χ3n) is 4.54. The first-order valence-corrected chi connectivity index (χ1v) is 7.56. The van der Waals surface area contributed by atoms with E-state index in [-0.39, 0.29) is 19.0 Å². The molecule has 21 heavy (non-hydrogen) atoms. The minimum Gasteiger partial charge on any atom is -0.465 e. The van der Waals surface area contributed by atoms with Crippen molar-refractivity contribution in [3.05, 3.63) is 11.1 Å². The monoisotopic (exact) mass is 294 g/mol. The molecule has 2 rings (SSSR count). The summed E-state index contributed by atoms with van der Waals surface area (Å²) in [6.07, 6.45) is 1.81. The Balaban J connectivity index is 2.49. The van der Waals surface area contributed by atoms with Crippen molar-refractivity contribution < 1.29 is 23.9 Å². The maximum atomic E-state index is 12.5. The molecule has 0 heterocycles. The Labute approximate surface area is 124 Å². The number of ketones is 1. The summed E-state index contributed by atoms with van der Waals surface area (Å²) in [6, 6.07) is 0. The molecule has 0 saturated heterocycles. The van der Waals surface area contributed by atoms with Crippen LogP contribution < -0.4 is 0 Å². The van der Waals surface area contributed by atoms with E-state index in [0.29, 0.717) is 31.3 Å². The molecular weight excluding hydrogens is 272 g/mol. The molecule has 0 aromatic rings. The summed E-state index contributed by atoms with van der Waals surface area (Å²) < 4.78 is 10.3. The lowest BCUT2D eigenvalue weighted by Crippen LogP contribution is -2.49. The molecule has 5 nitrogen and oxygen atoms in total. The molecule has 2 aliphatic rings. The Morgan fingerprint density at radius 1 is 1.14 bits per heavy atom. The van der Waals surface area contributed by atoms with Gasteiger partial charge in [0, 0.05) is 12.3 Å². The van der Waals surface area contributed by atoms with E-state index in [4.69, 9.17) is 9.47 Å². The summed E-state index contributed by atoms with van der Waals surface area (Å²) in [7, 11) is 0. The molecule has 0 aromatic heterocycles. The highest BCUT2D eigenvalue weighted by atomic mass is 16.6. The zero-order valence-electron chi connectivity index (χ0n) is 12.9. The minimum absolute atomic E-state index is 0.0511. The number of esters is 2. The summed E-state index contributed by atoms with van der Waals surface area (Å²) in [5.74, 6) is -1.44. The summed E-state index contributed by atoms with van der Waals surface area (Å²) >= 11 is 0. The first kappa shape index (κ1) is 15.7. The third kappa shape index (κ3) is 2.39. The molecule has 0 aliphatic heterocycles. The van der Waals surface area contributed by atoms with Crippen LogP contribution in [0.5, 0.6) is 0 Å². The van der Waals surface area contributed by atoms with Crippen LogP contribution in [0.15, 0.2) is 11.1 Å². The van der Waals surface area contributed by atoms with Crippen molar-refractivity contribution in [2.75, 3.05) is 13.2 Å². The average molecular weight is 294 g/mol. The third-order valence-corrected chi connectivity index (χ3v) is 4.54. The zero-order valence-corrected chi connectivity index (χ0v) is 12.9. The normalized spacial score (nSPS) is 23.8. The highest BCUT2D eigenvalue weighted by Crippen LogP contribution is 2.52. The molecule has 0 spiro atoms. The fourth-order valence-electron chi connectivity index (χ4n) is 3.56. The molecule has 1 atom stereocenters. The number of carbonyl (C=O) groups is 3. The quantitative estimate of drug-likeness (QED) is 0.587. The maximum absolute atomic E-state index is 12.5. The summed E-state index contributed by atoms with van der Waals surface area (Å²) in [4.78, 5) is 37.2. The minimum atomic E-state index is -1.34. The van der Waals surface area contributed by atoms with E-state index >= 15 is 0 Å². The number of ether oxygens (including phenoxy) is 2. The van der Waals surface area contributed by atoms with Crippen molar-refractivity contribution in [3.8, 4) is 0 Å². The molecule has 0 bridgehead atoms. The first-order chi connectivity index (χ1) is 9.98. The molecule has 5 heteroatoms. The Kier molecular flexibility index (Phi) is 4.49. The van der Waals surface area contributed by atoms with Crippen molar-refractivity contribution in [1.29, 1.82) is 0 Å². The van der Waals surface area contributed by atoms with Crippen molar-refractivity contribution >= 4 is 17.7 Å². The molecule has 2 aliphatic carbocycles. The van der Waals surface area contributed by atoms with Crippen LogP contribution in [0.3, 0.4) is 0 Å². The van der Waals surface area contributed by atoms with Crippen molar-refractivity contribution in [2.24, 2.45) is 11.3 Å². The second-order valence-corrected chi connectivity index (χ2v) is 5.62. The second-order valence-electron chi connectivity index (χ2n) is 5.62. The van der Waals surface area contributed by atoms with Gasteiger partial charge in [0.05, 0.1) is 13.2 Å². The number of fused-ring (bicyclic) bond motifs is 1. The van der Waals surface area contributed by atoms with Crippen LogP contribution in [0, 0.1) is 11.3 Å². The molecule has 1 unspecified atom stereocenters. The lowest BCUT2D eigenvalue weighted by Gasteiger charge is -2.38. The van der Waals surface area contributed by atoms with Crippen LogP contribution in [-0.4, -0.2) is 30.9 Å². The predicted octanol–water partition coefficient (Wildman–Crippen LogP) is 2.19. The van der Waals surface area contributed by atoms with Gasteiger partial charge in [-0.2, -0.15) is 0 Å². The lowest BCUT2D eigenvalue weighted by atomic mass is 9.64. The van der Waals surface area contributed by atoms with Gasteiger partial charge in [0.2, 0.25) is 0 Å². The molecule has 0 amide bonds. The van der Waals surface area contributed by atoms with Gasteiger partial charge in [-0.3, -0.25) is 14.4 Å². The van der Waals surface area contributed by atoms with E-state index in [0.717, 1.165) is 5.57 Å². The Bertz CT molecular complexity index is 485. The van der Waals surface area contributed by atoms with Gasteiger partial charge in [-0.25, -0.2) is 0 Å². The molecule has 116 valence electrons. The van der Waals surface area contributed by atoms with Crippen LogP contribution in [-0.2, 0) is 23.9 Å². The molecule has 1 saturated carbocycles. The number of Topliss-reactive ketones (excluding diaryl/α,β-unsaturated/α-hetero) is 1. The van der Waals surface area contributed by atoms with Gasteiger partial charge < -0.3 is 9.47 Å². The van der Waals surface area contributed by atoms with Crippen molar-refractivity contribution in [3.63, 3.8) is 0 Å². The SMILES string of the molecule is CCOC(=O)C1(C(=O)OCC)CCC(C)=C2C(=O)CCC21. The molecule has 0 aromatic carbocycles. The van der Waals surface area contributed by atoms with Gasteiger partial charge in [0.15, 0.2) is 11.2 Å². The highest BCUT2D eigenvalue weighted by molar-refractivity contribution is 6.07. The first-order valence-electron chi connectivity index (χ1n) is 7.56. The van der Waals surface area contributed by atoms with Crippen LogP contribution in [0.25, 0.3) is 0 Å². The van der Waals surface area contributed by atoms with Crippen LogP contribution in [0.1, 0.15) is 46.5 Å². The maximum Gasteiger partial charge on any atom is 0.324 e. The summed E-state index contributed by atoms with van der Waals surface area (Å²) in [6.45, 7) is 5.74. The topological polar surface area (TPSA) is 69.7 Å². The van der Waals surface area contributed by atoms with E-state index in [2.05, 4.69) is 0 Å². The standard InChI is InChI=1S/C16H22O5/c1-4-20-14(18)16(15(19)21-5-2)9-8-10(3)13-11(16)6-7-12(13)17/h11H,4-9H2,1-3H3. The van der Waals surface area contributed by atoms with Crippen LogP contribution >= 0.6 is 0 Å². The van der Waals surface area contributed by atoms with Gasteiger partial charge in [0.25, 0.3) is 0 Å². The predicted molar refractivity (Wildman–Crippen MR) is 75.4 cm³/mol. The van der Waals surface area contributed by atoms with E-state index in [9.17, 15) is 14.4 Å². The van der Waals surface area contributed by atoms with E-state index < -0.39 is 23.3 Å². The van der Waals surface area contributed by atoms with E-state index in [1.165, 1.54) is 0 Å². The fourth-order valence-corrected chi connectivity index (χ4v) is 3.56. The number of hydrogen-bond acceptors (Lipinski definition) is 5. The number of rotatable bonds is 4. The van der Waals surface area contributed by atoms with Gasteiger partial charge >= 0.3 is 11.9 Å². The van der Waals surface area contributed by atoms with Gasteiger partial charge in [-0.1, -0.05) is 5.57 Å². The summed E-state index contributed by atoms with van der Waals surface area (Å²) in [5.41, 5.74) is 0.307. The fraction of sp³-hybridized carbons (Fsp3) is 0.688. The Morgan fingerprint density at radius 3 is 2.24 bits per heavy atom. The van der Waals surface area contributed by atoms with E-state index in [1.54, 1.807) is 13.8 Å². The van der Waals surface area contributed by atoms with Gasteiger partial charge in [-0.15, -0.1) is 0 Å². The Morgan fingerprint density at radius 2 is 1.71 bits per heavy atom. The molecule has 0 N–H and O–H groups in total. The van der Waals surface area contributed by atoms with Crippen molar-refractivity contribution in [1.82, 2.24) is 0 Å². The van der Waals surface area contributed by atoms with Crippen molar-refractivity contribution in [2.45, 2.75) is 46.5 Å². The smallest absolute Gasteiger partial charge is 0.324 e. The molecular formula is C16H22O5.